The molecule has 114 valence electrons. The van der Waals surface area contributed by atoms with Crippen LogP contribution >= 0.6 is 11.8 Å². The molecule has 7 nitrogen and oxygen atoms in total. The molecule has 0 aromatic heterocycles. The highest BCUT2D eigenvalue weighted by Crippen LogP contribution is 2.34. The Labute approximate surface area is 122 Å². The minimum absolute atomic E-state index is 0.0896. The van der Waals surface area contributed by atoms with Gasteiger partial charge in [0.25, 0.3) is 0 Å². The number of carboxylic acids is 1. The van der Waals surface area contributed by atoms with E-state index >= 15 is 0 Å². The van der Waals surface area contributed by atoms with Gasteiger partial charge in [0.15, 0.2) is 0 Å². The van der Waals surface area contributed by atoms with Crippen molar-refractivity contribution in [3.8, 4) is 0 Å². The number of hydrogen-bond acceptors (Lipinski definition) is 4. The van der Waals surface area contributed by atoms with Gasteiger partial charge in [-0.1, -0.05) is 13.8 Å². The largest absolute Gasteiger partial charge is 0.480 e. The maximum Gasteiger partial charge on any atom is 0.327 e. The summed E-state index contributed by atoms with van der Waals surface area (Å²) >= 11 is 1.46. The highest BCUT2D eigenvalue weighted by molar-refractivity contribution is 8.00. The fourth-order valence-electron chi connectivity index (χ4n) is 2.03. The number of amides is 3. The fourth-order valence-corrected chi connectivity index (χ4v) is 3.50. The summed E-state index contributed by atoms with van der Waals surface area (Å²) in [5.74, 6) is -0.790. The van der Waals surface area contributed by atoms with Gasteiger partial charge in [0.05, 0.1) is 5.37 Å². The van der Waals surface area contributed by atoms with E-state index in [1.165, 1.54) is 35.7 Å². The molecule has 1 fully saturated rings. The average Bonchev–Trinajstić information content (AvgIpc) is 2.82. The van der Waals surface area contributed by atoms with Crippen LogP contribution in [0.25, 0.3) is 0 Å². The second-order valence-electron chi connectivity index (χ2n) is 5.04. The van der Waals surface area contributed by atoms with E-state index in [1.807, 2.05) is 13.8 Å². The van der Waals surface area contributed by atoms with Crippen LogP contribution in [0.5, 0.6) is 0 Å². The summed E-state index contributed by atoms with van der Waals surface area (Å²) in [7, 11) is 2.99. The smallest absolute Gasteiger partial charge is 0.327 e. The van der Waals surface area contributed by atoms with E-state index in [2.05, 4.69) is 5.32 Å². The van der Waals surface area contributed by atoms with Gasteiger partial charge in [-0.25, -0.2) is 9.59 Å². The number of carboxylic acid groups (broad SMARTS) is 1. The maximum atomic E-state index is 12.4. The monoisotopic (exact) mass is 303 g/mol. The van der Waals surface area contributed by atoms with Gasteiger partial charge in [-0.05, 0) is 5.92 Å². The third-order valence-corrected chi connectivity index (χ3v) is 4.72. The van der Waals surface area contributed by atoms with Crippen molar-refractivity contribution in [2.45, 2.75) is 25.3 Å². The zero-order chi connectivity index (χ0) is 15.4. The van der Waals surface area contributed by atoms with Crippen LogP contribution in [0, 0.1) is 5.92 Å². The highest BCUT2D eigenvalue weighted by Gasteiger charge is 2.44. The van der Waals surface area contributed by atoms with Gasteiger partial charge in [0.2, 0.25) is 5.91 Å². The zero-order valence-corrected chi connectivity index (χ0v) is 12.9. The van der Waals surface area contributed by atoms with E-state index in [-0.39, 0.29) is 23.7 Å². The van der Waals surface area contributed by atoms with E-state index < -0.39 is 18.0 Å². The number of rotatable bonds is 4. The molecule has 0 spiro atoms. The van der Waals surface area contributed by atoms with Crippen molar-refractivity contribution in [1.82, 2.24) is 15.1 Å². The molecule has 0 radical (unpaired) electrons. The minimum atomic E-state index is -1.01. The molecule has 1 heterocycles. The Morgan fingerprint density at radius 3 is 2.50 bits per heavy atom. The summed E-state index contributed by atoms with van der Waals surface area (Å²) in [6.07, 6.45) is 0. The second kappa shape index (κ2) is 6.83. The number of carbonyl (C=O) groups is 3. The van der Waals surface area contributed by atoms with Gasteiger partial charge in [0, 0.05) is 19.8 Å². The van der Waals surface area contributed by atoms with Crippen LogP contribution in [0.2, 0.25) is 0 Å². The fraction of sp³-hybridized carbons (Fsp3) is 0.750. The molecule has 0 aliphatic carbocycles. The molecule has 2 unspecified atom stereocenters. The van der Waals surface area contributed by atoms with Gasteiger partial charge in [-0.2, -0.15) is 0 Å². The summed E-state index contributed by atoms with van der Waals surface area (Å²) in [5, 5.41) is 11.5. The predicted molar refractivity (Wildman–Crippen MR) is 76.4 cm³/mol. The highest BCUT2D eigenvalue weighted by atomic mass is 32.2. The minimum Gasteiger partial charge on any atom is -0.480 e. The van der Waals surface area contributed by atoms with Crippen molar-refractivity contribution in [1.29, 1.82) is 0 Å². The molecule has 0 bridgehead atoms. The first-order valence-electron chi connectivity index (χ1n) is 6.38. The number of aliphatic carboxylic acids is 1. The molecule has 1 rings (SSSR count). The number of carbonyl (C=O) groups excluding carboxylic acids is 2. The van der Waals surface area contributed by atoms with Crippen LogP contribution in [-0.2, 0) is 9.59 Å². The molecule has 1 aliphatic rings. The molecule has 8 heteroatoms. The Balaban J connectivity index is 2.88. The number of nitrogens with zero attached hydrogens (tertiary/aromatic N) is 2. The third kappa shape index (κ3) is 3.56. The molecule has 0 aromatic rings. The molecule has 2 atom stereocenters. The lowest BCUT2D eigenvalue weighted by Gasteiger charge is -2.33. The number of urea groups is 1. The predicted octanol–water partition coefficient (Wildman–Crippen LogP) is 0.268. The summed E-state index contributed by atoms with van der Waals surface area (Å²) in [5.41, 5.74) is 0. The summed E-state index contributed by atoms with van der Waals surface area (Å²) in [4.78, 5) is 37.7. The van der Waals surface area contributed by atoms with E-state index in [1.54, 1.807) is 0 Å². The average molecular weight is 303 g/mol. The molecule has 20 heavy (non-hydrogen) atoms. The van der Waals surface area contributed by atoms with E-state index in [0.717, 1.165) is 0 Å². The molecule has 3 amide bonds. The van der Waals surface area contributed by atoms with Crippen LogP contribution in [0.1, 0.15) is 13.8 Å². The molecule has 1 aliphatic heterocycles. The standard InChI is InChI=1S/C12H21N3O4S/c1-7(2)10-15(8(6-20-10)11(17)18)12(19)14(4)5-9(16)13-3/h7-8,10H,5-6H2,1-4H3,(H,13,16)(H,17,18). The van der Waals surface area contributed by atoms with Crippen LogP contribution in [0.15, 0.2) is 0 Å². The molecular formula is C12H21N3O4S. The number of nitrogens with one attached hydrogen (secondary N) is 1. The molecule has 0 saturated carbocycles. The van der Waals surface area contributed by atoms with Gasteiger partial charge in [0.1, 0.15) is 12.6 Å². The first kappa shape index (κ1) is 16.6. The number of likely N-dealkylation sites (N-methyl/N-ethyl adjacent to an activating group) is 2. The SMILES string of the molecule is CNC(=O)CN(C)C(=O)N1C(C(=O)O)CSC1C(C)C. The Kier molecular flexibility index (Phi) is 5.67. The molecule has 1 saturated heterocycles. The number of thioether (sulfide) groups is 1. The summed E-state index contributed by atoms with van der Waals surface area (Å²) in [6.45, 7) is 3.80. The van der Waals surface area contributed by atoms with Gasteiger partial charge in [-0.3, -0.25) is 9.69 Å². The first-order valence-corrected chi connectivity index (χ1v) is 7.42. The van der Waals surface area contributed by atoms with Crippen molar-refractivity contribution in [3.63, 3.8) is 0 Å². The normalized spacial score (nSPS) is 21.9. The lowest BCUT2D eigenvalue weighted by Crippen LogP contribution is -2.53. The summed E-state index contributed by atoms with van der Waals surface area (Å²) < 4.78 is 0. The topological polar surface area (TPSA) is 90.0 Å². The molecular weight excluding hydrogens is 282 g/mol. The van der Waals surface area contributed by atoms with Crippen LogP contribution in [0.3, 0.4) is 0 Å². The third-order valence-electron chi connectivity index (χ3n) is 3.10. The second-order valence-corrected chi connectivity index (χ2v) is 6.19. The van der Waals surface area contributed by atoms with Crippen molar-refractivity contribution in [2.24, 2.45) is 5.92 Å². The zero-order valence-electron chi connectivity index (χ0n) is 12.1. The van der Waals surface area contributed by atoms with Gasteiger partial charge >= 0.3 is 12.0 Å². The van der Waals surface area contributed by atoms with Crippen molar-refractivity contribution >= 4 is 29.7 Å². The van der Waals surface area contributed by atoms with Gasteiger partial charge in [-0.15, -0.1) is 11.8 Å². The Morgan fingerprint density at radius 1 is 1.45 bits per heavy atom. The lowest BCUT2D eigenvalue weighted by atomic mass is 10.1. The van der Waals surface area contributed by atoms with Crippen LogP contribution < -0.4 is 5.32 Å². The van der Waals surface area contributed by atoms with Crippen molar-refractivity contribution < 1.29 is 19.5 Å². The molecule has 2 N–H and O–H groups in total. The van der Waals surface area contributed by atoms with Crippen molar-refractivity contribution in [3.05, 3.63) is 0 Å². The summed E-state index contributed by atoms with van der Waals surface area (Å²) in [6, 6.07) is -1.27. The van der Waals surface area contributed by atoms with E-state index in [9.17, 15) is 19.5 Å². The van der Waals surface area contributed by atoms with Crippen LogP contribution in [-0.4, -0.2) is 70.6 Å². The van der Waals surface area contributed by atoms with Gasteiger partial charge < -0.3 is 15.3 Å². The van der Waals surface area contributed by atoms with Crippen LogP contribution in [0.4, 0.5) is 4.79 Å². The van der Waals surface area contributed by atoms with E-state index in [4.69, 9.17) is 0 Å². The first-order chi connectivity index (χ1) is 9.29. The lowest BCUT2D eigenvalue weighted by molar-refractivity contribution is -0.141. The quantitative estimate of drug-likeness (QED) is 0.778. The Morgan fingerprint density at radius 2 is 2.05 bits per heavy atom. The Bertz CT molecular complexity index is 402. The number of hydrogen-bond donors (Lipinski definition) is 2. The van der Waals surface area contributed by atoms with Crippen molar-refractivity contribution in [2.75, 3.05) is 26.4 Å². The van der Waals surface area contributed by atoms with E-state index in [0.29, 0.717) is 5.75 Å². The Hall–Kier alpha value is -1.44. The maximum absolute atomic E-state index is 12.4. The molecule has 0 aromatic carbocycles.